The van der Waals surface area contributed by atoms with Gasteiger partial charge in [0, 0.05) is 18.0 Å². The van der Waals surface area contributed by atoms with Crippen LogP contribution in [-0.4, -0.2) is 29.8 Å². The molecule has 1 unspecified atom stereocenters. The molecule has 0 spiro atoms. The fourth-order valence-corrected chi connectivity index (χ4v) is 4.04. The van der Waals surface area contributed by atoms with E-state index in [2.05, 4.69) is 5.32 Å². The quantitative estimate of drug-likeness (QED) is 0.754. The lowest BCUT2D eigenvalue weighted by atomic mass is 10.1. The van der Waals surface area contributed by atoms with Crippen LogP contribution < -0.4 is 10.1 Å². The van der Waals surface area contributed by atoms with Crippen molar-refractivity contribution in [3.05, 3.63) is 59.7 Å². The zero-order valence-corrected chi connectivity index (χ0v) is 15.4. The average Bonchev–Trinajstić information content (AvgIpc) is 3.13. The molecule has 0 saturated carbocycles. The van der Waals surface area contributed by atoms with Gasteiger partial charge in [0.15, 0.2) is 0 Å². The number of rotatable bonds is 4. The molecule has 2 aromatic rings. The lowest BCUT2D eigenvalue weighted by molar-refractivity contribution is -0.137. The number of amides is 2. The van der Waals surface area contributed by atoms with Crippen molar-refractivity contribution in [2.75, 3.05) is 24.2 Å². The number of carbonyl (C=O) groups is 1. The number of anilines is 1. The third-order valence-electron chi connectivity index (χ3n) is 4.09. The standard InChI is InChI=1S/C19H19F3N2O2S/c1-2-26-16-9-7-15(8-10-16)23-18(25)24-11-12-27-17(24)13-3-5-14(6-4-13)19(20,21)22/h3-10,17H,2,11-12H2,1H3,(H,23,25). The highest BCUT2D eigenvalue weighted by Crippen LogP contribution is 2.39. The first-order valence-corrected chi connectivity index (χ1v) is 9.52. The van der Waals surface area contributed by atoms with Crippen LogP contribution in [-0.2, 0) is 6.18 Å². The molecule has 4 nitrogen and oxygen atoms in total. The summed E-state index contributed by atoms with van der Waals surface area (Å²) >= 11 is 1.53. The number of halogens is 3. The van der Waals surface area contributed by atoms with E-state index < -0.39 is 11.7 Å². The lowest BCUT2D eigenvalue weighted by Crippen LogP contribution is -2.34. The van der Waals surface area contributed by atoms with Crippen molar-refractivity contribution >= 4 is 23.5 Å². The highest BCUT2D eigenvalue weighted by Gasteiger charge is 2.33. The maximum Gasteiger partial charge on any atom is 0.416 e. The molecule has 1 fully saturated rings. The van der Waals surface area contributed by atoms with Crippen LogP contribution in [0.15, 0.2) is 48.5 Å². The number of thioether (sulfide) groups is 1. The number of carbonyl (C=O) groups excluding carboxylic acids is 1. The fraction of sp³-hybridized carbons (Fsp3) is 0.316. The monoisotopic (exact) mass is 396 g/mol. The zero-order chi connectivity index (χ0) is 19.4. The Morgan fingerprint density at radius 1 is 1.19 bits per heavy atom. The van der Waals surface area contributed by atoms with Gasteiger partial charge in [0.05, 0.1) is 12.2 Å². The van der Waals surface area contributed by atoms with Gasteiger partial charge in [-0.05, 0) is 48.9 Å². The van der Waals surface area contributed by atoms with Crippen molar-refractivity contribution in [2.45, 2.75) is 18.5 Å². The molecule has 8 heteroatoms. The average molecular weight is 396 g/mol. The Morgan fingerprint density at radius 2 is 1.85 bits per heavy atom. The number of urea groups is 1. The third kappa shape index (κ3) is 4.68. The van der Waals surface area contributed by atoms with E-state index in [1.54, 1.807) is 29.2 Å². The van der Waals surface area contributed by atoms with Crippen molar-refractivity contribution in [2.24, 2.45) is 0 Å². The highest BCUT2D eigenvalue weighted by atomic mass is 32.2. The summed E-state index contributed by atoms with van der Waals surface area (Å²) in [4.78, 5) is 14.3. The third-order valence-corrected chi connectivity index (χ3v) is 5.35. The second kappa shape index (κ2) is 8.12. The molecule has 1 heterocycles. The maximum absolute atomic E-state index is 12.7. The Kier molecular flexibility index (Phi) is 5.84. The predicted molar refractivity (Wildman–Crippen MR) is 100.0 cm³/mol. The Labute approximate surface area is 159 Å². The molecule has 144 valence electrons. The molecular weight excluding hydrogens is 377 g/mol. The summed E-state index contributed by atoms with van der Waals surface area (Å²) in [6.45, 7) is 2.98. The SMILES string of the molecule is CCOc1ccc(NC(=O)N2CCSC2c2ccc(C(F)(F)F)cc2)cc1. The van der Waals surface area contributed by atoms with E-state index >= 15 is 0 Å². The number of hydrogen-bond acceptors (Lipinski definition) is 3. The summed E-state index contributed by atoms with van der Waals surface area (Å²) in [5, 5.41) is 2.52. The van der Waals surface area contributed by atoms with E-state index in [-0.39, 0.29) is 11.4 Å². The molecule has 0 aromatic heterocycles. The van der Waals surface area contributed by atoms with Crippen LogP contribution in [0.2, 0.25) is 0 Å². The highest BCUT2D eigenvalue weighted by molar-refractivity contribution is 7.99. The Balaban J connectivity index is 1.69. The first-order valence-electron chi connectivity index (χ1n) is 8.47. The van der Waals surface area contributed by atoms with Gasteiger partial charge in [0.25, 0.3) is 0 Å². The smallest absolute Gasteiger partial charge is 0.416 e. The minimum Gasteiger partial charge on any atom is -0.494 e. The first-order chi connectivity index (χ1) is 12.9. The Bertz CT molecular complexity index is 779. The van der Waals surface area contributed by atoms with Crippen molar-refractivity contribution in [1.29, 1.82) is 0 Å². The van der Waals surface area contributed by atoms with E-state index in [1.165, 1.54) is 23.9 Å². The molecular formula is C19H19F3N2O2S. The molecule has 1 saturated heterocycles. The molecule has 1 N–H and O–H groups in total. The fourth-order valence-electron chi connectivity index (χ4n) is 2.79. The maximum atomic E-state index is 12.7. The van der Waals surface area contributed by atoms with Crippen molar-refractivity contribution in [1.82, 2.24) is 4.90 Å². The van der Waals surface area contributed by atoms with Gasteiger partial charge in [-0.3, -0.25) is 0 Å². The summed E-state index contributed by atoms with van der Waals surface area (Å²) in [6.07, 6.45) is -4.37. The van der Waals surface area contributed by atoms with Crippen molar-refractivity contribution < 1.29 is 22.7 Å². The topological polar surface area (TPSA) is 41.6 Å². The Hall–Kier alpha value is -2.35. The van der Waals surface area contributed by atoms with Gasteiger partial charge in [-0.2, -0.15) is 13.2 Å². The van der Waals surface area contributed by atoms with E-state index in [4.69, 9.17) is 4.74 Å². The van der Waals surface area contributed by atoms with Crippen LogP contribution in [0.4, 0.5) is 23.7 Å². The zero-order valence-electron chi connectivity index (χ0n) is 14.6. The molecule has 2 amide bonds. The van der Waals surface area contributed by atoms with Crippen molar-refractivity contribution in [3.63, 3.8) is 0 Å². The lowest BCUT2D eigenvalue weighted by Gasteiger charge is -2.24. The second-order valence-corrected chi connectivity index (χ2v) is 7.11. The van der Waals surface area contributed by atoms with Crippen LogP contribution in [0.1, 0.15) is 23.4 Å². The molecule has 1 aliphatic rings. The molecule has 27 heavy (non-hydrogen) atoms. The summed E-state index contributed by atoms with van der Waals surface area (Å²) in [5.74, 6) is 1.44. The van der Waals surface area contributed by atoms with E-state index in [1.807, 2.05) is 6.92 Å². The summed E-state index contributed by atoms with van der Waals surface area (Å²) < 4.78 is 43.6. The minimum atomic E-state index is -4.37. The largest absolute Gasteiger partial charge is 0.494 e. The van der Waals surface area contributed by atoms with Gasteiger partial charge >= 0.3 is 12.2 Å². The number of nitrogens with zero attached hydrogens (tertiary/aromatic N) is 1. The van der Waals surface area contributed by atoms with Gasteiger partial charge in [-0.15, -0.1) is 11.8 Å². The molecule has 1 aliphatic heterocycles. The molecule has 1 atom stereocenters. The van der Waals surface area contributed by atoms with Crippen LogP contribution in [0, 0.1) is 0 Å². The first kappa shape index (κ1) is 19.4. The normalized spacial score (nSPS) is 17.0. The summed E-state index contributed by atoms with van der Waals surface area (Å²) in [6, 6.07) is 11.7. The van der Waals surface area contributed by atoms with E-state index in [9.17, 15) is 18.0 Å². The van der Waals surface area contributed by atoms with Crippen LogP contribution in [0.3, 0.4) is 0 Å². The van der Waals surface area contributed by atoms with E-state index in [0.29, 0.717) is 24.4 Å². The number of alkyl halides is 3. The number of hydrogen-bond donors (Lipinski definition) is 1. The summed E-state index contributed by atoms with van der Waals surface area (Å²) in [7, 11) is 0. The van der Waals surface area contributed by atoms with Gasteiger partial charge in [-0.25, -0.2) is 4.79 Å². The Morgan fingerprint density at radius 3 is 2.44 bits per heavy atom. The van der Waals surface area contributed by atoms with Gasteiger partial charge in [0.1, 0.15) is 11.1 Å². The second-order valence-electron chi connectivity index (χ2n) is 5.92. The van der Waals surface area contributed by atoms with E-state index in [0.717, 1.165) is 23.6 Å². The number of nitrogens with one attached hydrogen (secondary N) is 1. The van der Waals surface area contributed by atoms with Crippen LogP contribution in [0.25, 0.3) is 0 Å². The molecule has 0 aliphatic carbocycles. The molecule has 3 rings (SSSR count). The number of benzene rings is 2. The number of ether oxygens (including phenoxy) is 1. The van der Waals surface area contributed by atoms with Gasteiger partial charge in [0.2, 0.25) is 0 Å². The van der Waals surface area contributed by atoms with Crippen LogP contribution >= 0.6 is 11.8 Å². The summed E-state index contributed by atoms with van der Waals surface area (Å²) in [5.41, 5.74) is 0.610. The van der Waals surface area contributed by atoms with Crippen LogP contribution in [0.5, 0.6) is 5.75 Å². The molecule has 0 bridgehead atoms. The van der Waals surface area contributed by atoms with Gasteiger partial charge in [-0.1, -0.05) is 12.1 Å². The van der Waals surface area contributed by atoms with Gasteiger partial charge < -0.3 is 15.0 Å². The van der Waals surface area contributed by atoms with Crippen molar-refractivity contribution in [3.8, 4) is 5.75 Å². The molecule has 0 radical (unpaired) electrons. The molecule has 2 aromatic carbocycles. The minimum absolute atomic E-state index is 0.283. The predicted octanol–water partition coefficient (Wildman–Crippen LogP) is 5.38.